The lowest BCUT2D eigenvalue weighted by Crippen LogP contribution is -2.47. The molecular formula is C16H25N3O2. The smallest absolute Gasteiger partial charge is 0.253 e. The minimum absolute atomic E-state index is 0.0547. The number of hydrogen-bond acceptors (Lipinski definition) is 4. The minimum atomic E-state index is -0.534. The third-order valence-corrected chi connectivity index (χ3v) is 3.96. The average Bonchev–Trinajstić information content (AvgIpc) is 2.51. The molecule has 0 aromatic heterocycles. The van der Waals surface area contributed by atoms with E-state index in [0.29, 0.717) is 6.54 Å². The molecule has 0 spiro atoms. The van der Waals surface area contributed by atoms with Crippen molar-refractivity contribution in [3.8, 4) is 0 Å². The lowest BCUT2D eigenvalue weighted by molar-refractivity contribution is -0.132. The van der Waals surface area contributed by atoms with Gasteiger partial charge in [0.15, 0.2) is 6.10 Å². The molecule has 0 aliphatic carbocycles. The first-order valence-electron chi connectivity index (χ1n) is 7.55. The van der Waals surface area contributed by atoms with Gasteiger partial charge in [-0.15, -0.1) is 0 Å². The molecule has 1 aliphatic rings. The van der Waals surface area contributed by atoms with Gasteiger partial charge in [-0.3, -0.25) is 4.79 Å². The Balaban J connectivity index is 1.86. The number of benzene rings is 1. The number of nitrogens with two attached hydrogens (primary N) is 1. The number of carbonyl (C=O) groups excluding carboxylic acids is 1. The lowest BCUT2D eigenvalue weighted by Gasteiger charge is -2.32. The molecule has 1 heterocycles. The Morgan fingerprint density at radius 3 is 2.62 bits per heavy atom. The molecule has 0 bridgehead atoms. The van der Waals surface area contributed by atoms with Gasteiger partial charge in [-0.05, 0) is 18.4 Å². The normalized spacial score (nSPS) is 18.4. The van der Waals surface area contributed by atoms with Crippen LogP contribution in [0.1, 0.15) is 24.5 Å². The number of rotatable bonds is 6. The zero-order chi connectivity index (χ0) is 15.1. The van der Waals surface area contributed by atoms with Crippen LogP contribution in [-0.4, -0.2) is 50.1 Å². The van der Waals surface area contributed by atoms with Crippen LogP contribution in [0.15, 0.2) is 30.3 Å². The van der Waals surface area contributed by atoms with E-state index < -0.39 is 6.10 Å². The predicted molar refractivity (Wildman–Crippen MR) is 82.9 cm³/mol. The molecule has 1 aliphatic heterocycles. The Kier molecular flexibility index (Phi) is 6.17. The molecule has 1 amide bonds. The molecule has 5 nitrogen and oxygen atoms in total. The summed E-state index contributed by atoms with van der Waals surface area (Å²) in [6, 6.07) is 9.82. The van der Waals surface area contributed by atoms with Crippen molar-refractivity contribution in [1.29, 1.82) is 0 Å². The summed E-state index contributed by atoms with van der Waals surface area (Å²) in [6.45, 7) is 3.61. The predicted octanol–water partition coefficient (Wildman–Crippen LogP) is 0.913. The second-order valence-corrected chi connectivity index (χ2v) is 5.44. The van der Waals surface area contributed by atoms with Crippen molar-refractivity contribution in [3.05, 3.63) is 35.9 Å². The summed E-state index contributed by atoms with van der Waals surface area (Å²) >= 11 is 0. The fraction of sp³-hybridized carbons (Fsp3) is 0.562. The van der Waals surface area contributed by atoms with Crippen LogP contribution >= 0.6 is 0 Å². The van der Waals surface area contributed by atoms with Crippen LogP contribution in [0.25, 0.3) is 0 Å². The minimum Gasteiger partial charge on any atom is -0.367 e. The van der Waals surface area contributed by atoms with E-state index in [1.165, 1.54) is 0 Å². The number of piperidine rings is 1. The van der Waals surface area contributed by atoms with Crippen molar-refractivity contribution >= 4 is 5.91 Å². The summed E-state index contributed by atoms with van der Waals surface area (Å²) in [5.41, 5.74) is 6.46. The van der Waals surface area contributed by atoms with Crippen molar-refractivity contribution in [3.63, 3.8) is 0 Å². The number of likely N-dealkylation sites (tertiary alicyclic amines) is 1. The van der Waals surface area contributed by atoms with E-state index in [9.17, 15) is 4.79 Å². The summed E-state index contributed by atoms with van der Waals surface area (Å²) in [6.07, 6.45) is 1.40. The van der Waals surface area contributed by atoms with Crippen LogP contribution in [0.3, 0.4) is 0 Å². The SMILES string of the molecule is COC(C(=O)NC1CCN(CCN)CC1)c1ccccc1. The number of hydrogen-bond donors (Lipinski definition) is 2. The van der Waals surface area contributed by atoms with Gasteiger partial charge in [-0.1, -0.05) is 30.3 Å². The molecule has 2 rings (SSSR count). The first-order valence-corrected chi connectivity index (χ1v) is 7.55. The van der Waals surface area contributed by atoms with Gasteiger partial charge in [0.2, 0.25) is 0 Å². The van der Waals surface area contributed by atoms with Crippen LogP contribution in [0.2, 0.25) is 0 Å². The fourth-order valence-corrected chi connectivity index (χ4v) is 2.78. The van der Waals surface area contributed by atoms with Gasteiger partial charge in [0, 0.05) is 39.3 Å². The molecular weight excluding hydrogens is 266 g/mol. The average molecular weight is 291 g/mol. The standard InChI is InChI=1S/C16H25N3O2/c1-21-15(13-5-3-2-4-6-13)16(20)18-14-7-10-19(11-8-14)12-9-17/h2-6,14-15H,7-12,17H2,1H3,(H,18,20). The van der Waals surface area contributed by atoms with Gasteiger partial charge in [0.1, 0.15) is 0 Å². The van der Waals surface area contributed by atoms with Crippen LogP contribution in [0.5, 0.6) is 0 Å². The van der Waals surface area contributed by atoms with E-state index in [1.807, 2.05) is 30.3 Å². The van der Waals surface area contributed by atoms with Gasteiger partial charge in [0.05, 0.1) is 0 Å². The summed E-state index contributed by atoms with van der Waals surface area (Å²) in [4.78, 5) is 14.7. The van der Waals surface area contributed by atoms with Crippen molar-refractivity contribution in [2.24, 2.45) is 5.73 Å². The second-order valence-electron chi connectivity index (χ2n) is 5.44. The van der Waals surface area contributed by atoms with Crippen LogP contribution in [-0.2, 0) is 9.53 Å². The first kappa shape index (κ1) is 15.9. The van der Waals surface area contributed by atoms with Crippen LogP contribution < -0.4 is 11.1 Å². The molecule has 1 atom stereocenters. The van der Waals surface area contributed by atoms with E-state index in [1.54, 1.807) is 7.11 Å². The van der Waals surface area contributed by atoms with Gasteiger partial charge < -0.3 is 20.7 Å². The summed E-state index contributed by atoms with van der Waals surface area (Å²) in [5.74, 6) is -0.0547. The zero-order valence-corrected chi connectivity index (χ0v) is 12.6. The molecule has 1 saturated heterocycles. The molecule has 1 aromatic carbocycles. The Morgan fingerprint density at radius 1 is 1.38 bits per heavy atom. The monoisotopic (exact) mass is 291 g/mol. The number of amides is 1. The zero-order valence-electron chi connectivity index (χ0n) is 12.6. The second kappa shape index (κ2) is 8.12. The third-order valence-electron chi connectivity index (χ3n) is 3.96. The lowest BCUT2D eigenvalue weighted by atomic mass is 10.0. The number of methoxy groups -OCH3 is 1. The summed E-state index contributed by atoms with van der Waals surface area (Å²) < 4.78 is 5.36. The highest BCUT2D eigenvalue weighted by Gasteiger charge is 2.25. The summed E-state index contributed by atoms with van der Waals surface area (Å²) in [5, 5.41) is 3.11. The van der Waals surface area contributed by atoms with Gasteiger partial charge >= 0.3 is 0 Å². The van der Waals surface area contributed by atoms with Gasteiger partial charge in [-0.2, -0.15) is 0 Å². The number of ether oxygens (including phenoxy) is 1. The third kappa shape index (κ3) is 4.52. The molecule has 116 valence electrons. The quantitative estimate of drug-likeness (QED) is 0.817. The highest BCUT2D eigenvalue weighted by molar-refractivity contribution is 5.82. The Morgan fingerprint density at radius 2 is 2.05 bits per heavy atom. The maximum Gasteiger partial charge on any atom is 0.253 e. The maximum absolute atomic E-state index is 12.4. The van der Waals surface area contributed by atoms with Crippen molar-refractivity contribution in [1.82, 2.24) is 10.2 Å². The number of nitrogens with zero attached hydrogens (tertiary/aromatic N) is 1. The van der Waals surface area contributed by atoms with Crippen molar-refractivity contribution in [2.75, 3.05) is 33.3 Å². The molecule has 0 saturated carbocycles. The Bertz CT molecular complexity index is 430. The molecule has 0 radical (unpaired) electrons. The topological polar surface area (TPSA) is 67.6 Å². The maximum atomic E-state index is 12.4. The number of carbonyl (C=O) groups is 1. The van der Waals surface area contributed by atoms with Crippen molar-refractivity contribution in [2.45, 2.75) is 25.0 Å². The van der Waals surface area contributed by atoms with Gasteiger partial charge in [0.25, 0.3) is 5.91 Å². The largest absolute Gasteiger partial charge is 0.367 e. The highest BCUT2D eigenvalue weighted by atomic mass is 16.5. The van der Waals surface area contributed by atoms with Gasteiger partial charge in [-0.25, -0.2) is 0 Å². The Hall–Kier alpha value is -1.43. The molecule has 5 heteroatoms. The molecule has 3 N–H and O–H groups in total. The van der Waals surface area contributed by atoms with Crippen LogP contribution in [0, 0.1) is 0 Å². The first-order chi connectivity index (χ1) is 10.2. The van der Waals surface area contributed by atoms with E-state index in [4.69, 9.17) is 10.5 Å². The molecule has 1 aromatic rings. The number of nitrogens with one attached hydrogen (secondary N) is 1. The fourth-order valence-electron chi connectivity index (χ4n) is 2.78. The van der Waals surface area contributed by atoms with E-state index in [-0.39, 0.29) is 11.9 Å². The van der Waals surface area contributed by atoms with Crippen LogP contribution in [0.4, 0.5) is 0 Å². The molecule has 1 unspecified atom stereocenters. The molecule has 21 heavy (non-hydrogen) atoms. The highest BCUT2D eigenvalue weighted by Crippen LogP contribution is 2.18. The summed E-state index contributed by atoms with van der Waals surface area (Å²) in [7, 11) is 1.57. The molecule has 1 fully saturated rings. The van der Waals surface area contributed by atoms with E-state index in [0.717, 1.165) is 38.0 Å². The Labute approximate surface area is 126 Å². The van der Waals surface area contributed by atoms with E-state index >= 15 is 0 Å². The van der Waals surface area contributed by atoms with E-state index in [2.05, 4.69) is 10.2 Å². The van der Waals surface area contributed by atoms with Crippen molar-refractivity contribution < 1.29 is 9.53 Å².